The fourth-order valence-corrected chi connectivity index (χ4v) is 12.6. The first-order valence-electron chi connectivity index (χ1n) is 35.3. The van der Waals surface area contributed by atoms with Crippen molar-refractivity contribution in [1.82, 2.24) is 5.32 Å². The number of hydrogen-bond acceptors (Lipinski definition) is 12. The normalized spacial score (nSPS) is 38.1. The van der Waals surface area contributed by atoms with Gasteiger partial charge in [0.1, 0.15) is 12.1 Å². The van der Waals surface area contributed by atoms with Gasteiger partial charge in [-0.15, -0.1) is 7.05 Å². The summed E-state index contributed by atoms with van der Waals surface area (Å²) in [6, 6.07) is 6.94. The zero-order valence-electron chi connectivity index (χ0n) is 60.4. The molecule has 13 saturated heterocycles. The third-order valence-corrected chi connectivity index (χ3v) is 20.8. The molecule has 13 heterocycles. The van der Waals surface area contributed by atoms with E-state index in [1.807, 2.05) is 11.8 Å². The summed E-state index contributed by atoms with van der Waals surface area (Å²) >= 11 is 2.04. The van der Waals surface area contributed by atoms with Crippen molar-refractivity contribution >= 4 is 11.8 Å². The third kappa shape index (κ3) is 35.5. The van der Waals surface area contributed by atoms with E-state index in [4.69, 9.17) is 47.4 Å². The zero-order chi connectivity index (χ0) is 68.0. The maximum absolute atomic E-state index is 5.37. The van der Waals surface area contributed by atoms with Crippen molar-refractivity contribution in [3.05, 3.63) is 77.5 Å². The lowest BCUT2D eigenvalue weighted by Crippen LogP contribution is -3.19. The SMILES string of the molecule is [CH2-][NH+]1C2CCC1COC2.[CH2-][NH+]1C2COCC1COC2.[CH2-][NH+]1CCNCC1.[CH2-][NH+]1CCOCC1.[CH2-][NH+]1CCOCC1(C)C.[CH2-][NH+]1CCOC[C@@H]1C.[CH2-][NH+]1CCOC[C@H]1C.[CH2-][NH+]1CCSCC1.[CH2-][NH+]1[C@@H](C)COC[C@@H]1C.[CH2-][NH+]1[C@H](C)COC[C@@H]1C.[CH2-][NH+]1[C@H](C)COC[C@H]1C. The van der Waals surface area contributed by atoms with E-state index in [2.05, 4.69) is 152 Å². The second-order valence-corrected chi connectivity index (χ2v) is 29.9. The quantitative estimate of drug-likeness (QED) is 0.105. The number of morpholine rings is 10. The molecule has 548 valence electrons. The molecule has 0 spiro atoms. The van der Waals surface area contributed by atoms with Crippen molar-refractivity contribution in [1.29, 1.82) is 0 Å². The Morgan fingerprint density at radius 1 is 0.315 bits per heavy atom. The van der Waals surface area contributed by atoms with Gasteiger partial charge in [0.05, 0.1) is 257 Å². The molecule has 0 aromatic carbocycles. The minimum absolute atomic E-state index is 0.220. The van der Waals surface area contributed by atoms with Crippen molar-refractivity contribution in [2.45, 2.75) is 160 Å². The Morgan fingerprint density at radius 3 is 0.848 bits per heavy atom. The Labute approximate surface area is 569 Å². The molecule has 0 amide bonds. The van der Waals surface area contributed by atoms with E-state index in [0.717, 1.165) is 178 Å². The molecule has 12 N–H and O–H groups in total. The van der Waals surface area contributed by atoms with Crippen molar-refractivity contribution in [2.75, 3.05) is 216 Å². The van der Waals surface area contributed by atoms with Crippen LogP contribution in [0.1, 0.15) is 82.1 Å². The molecule has 13 aliphatic heterocycles. The summed E-state index contributed by atoms with van der Waals surface area (Å²) in [6.07, 6.45) is 2.65. The fourth-order valence-electron chi connectivity index (χ4n) is 11.5. The minimum atomic E-state index is 0.220. The van der Waals surface area contributed by atoms with Crippen LogP contribution in [0, 0.1) is 77.5 Å². The maximum Gasteiger partial charge on any atom is 0.111 e. The number of piperazine rings is 1. The van der Waals surface area contributed by atoms with Crippen LogP contribution in [-0.2, 0) is 47.4 Å². The highest BCUT2D eigenvalue weighted by Crippen LogP contribution is 2.12. The first-order chi connectivity index (χ1) is 43.8. The van der Waals surface area contributed by atoms with Crippen molar-refractivity contribution in [2.24, 2.45) is 0 Å². The highest BCUT2D eigenvalue weighted by molar-refractivity contribution is 7.99. The molecular weight excluding hydrogens is 1190 g/mol. The Morgan fingerprint density at radius 2 is 0.620 bits per heavy atom. The van der Waals surface area contributed by atoms with Crippen molar-refractivity contribution < 1.29 is 101 Å². The molecule has 0 aliphatic carbocycles. The van der Waals surface area contributed by atoms with Gasteiger partial charge in [0.2, 0.25) is 0 Å². The number of thioether (sulfide) groups is 1. The molecule has 6 unspecified atom stereocenters. The van der Waals surface area contributed by atoms with Gasteiger partial charge >= 0.3 is 0 Å². The van der Waals surface area contributed by atoms with Crippen LogP contribution >= 0.6 is 11.8 Å². The van der Waals surface area contributed by atoms with E-state index >= 15 is 0 Å². The number of hydrogen-bond donors (Lipinski definition) is 12. The number of nitrogens with one attached hydrogen (secondary N) is 12. The predicted octanol–water partition coefficient (Wildman–Crippen LogP) is -9.90. The Hall–Kier alpha value is -0.530. The van der Waals surface area contributed by atoms with E-state index < -0.39 is 0 Å². The smallest absolute Gasteiger partial charge is 0.111 e. The average Bonchev–Trinajstić information content (AvgIpc) is 1.55. The molecule has 0 saturated carbocycles. The molecule has 92 heavy (non-hydrogen) atoms. The zero-order valence-corrected chi connectivity index (χ0v) is 61.3. The van der Waals surface area contributed by atoms with E-state index in [0.29, 0.717) is 72.5 Å². The molecule has 0 radical (unpaired) electrons. The van der Waals surface area contributed by atoms with Crippen LogP contribution in [-0.4, -0.2) is 294 Å². The largest absolute Gasteiger partial charge is 0.466 e. The van der Waals surface area contributed by atoms with E-state index in [9.17, 15) is 0 Å². The van der Waals surface area contributed by atoms with Crippen LogP contribution in [0.2, 0.25) is 0 Å². The molecule has 22 nitrogen and oxygen atoms in total. The van der Waals surface area contributed by atoms with Gasteiger partial charge in [-0.3, -0.25) is 0 Å². The number of ether oxygens (including phenoxy) is 10. The topological polar surface area (TPSA) is 153 Å². The summed E-state index contributed by atoms with van der Waals surface area (Å²) in [6.45, 7) is 51.4. The Bertz CT molecular complexity index is 1570. The monoisotopic (exact) mass is 1340 g/mol. The van der Waals surface area contributed by atoms with Crippen LogP contribution in [0.15, 0.2) is 0 Å². The molecule has 13 rings (SSSR count). The molecule has 13 aliphatic rings. The van der Waals surface area contributed by atoms with Gasteiger partial charge in [-0.25, -0.2) is 0 Å². The Balaban J connectivity index is 0.000000265. The second-order valence-electron chi connectivity index (χ2n) is 28.7. The van der Waals surface area contributed by atoms with Crippen molar-refractivity contribution in [3.63, 3.8) is 0 Å². The lowest BCUT2D eigenvalue weighted by atomic mass is 10.0. The molecular formula is C69H146N12O10S. The van der Waals surface area contributed by atoms with Gasteiger partial charge in [0.15, 0.2) is 0 Å². The van der Waals surface area contributed by atoms with Gasteiger partial charge in [0.25, 0.3) is 0 Å². The highest BCUT2D eigenvalue weighted by Gasteiger charge is 2.35. The van der Waals surface area contributed by atoms with Crippen molar-refractivity contribution in [3.8, 4) is 0 Å². The summed E-state index contributed by atoms with van der Waals surface area (Å²) in [5.41, 5.74) is 0.220. The molecule has 0 aromatic rings. The number of fused-ring (bicyclic) bond motifs is 4. The number of rotatable bonds is 0. The second kappa shape index (κ2) is 49.1. The number of quaternary nitrogens is 11. The molecule has 0 aromatic heterocycles. The van der Waals surface area contributed by atoms with E-state index in [1.165, 1.54) is 104 Å². The minimum Gasteiger partial charge on any atom is -0.466 e. The molecule has 14 atom stereocenters. The van der Waals surface area contributed by atoms with E-state index in [-0.39, 0.29) is 5.54 Å². The first kappa shape index (κ1) is 85.7. The van der Waals surface area contributed by atoms with Gasteiger partial charge < -0.3 is 107 Å². The Kier molecular flexibility index (Phi) is 45.7. The van der Waals surface area contributed by atoms with Crippen LogP contribution in [0.4, 0.5) is 0 Å². The molecule has 13 fully saturated rings. The average molecular weight is 1340 g/mol. The summed E-state index contributed by atoms with van der Waals surface area (Å²) in [5, 5.41) is 3.25. The van der Waals surface area contributed by atoms with Gasteiger partial charge in [0, 0.05) is 37.4 Å². The highest BCUT2D eigenvalue weighted by atomic mass is 32.2. The van der Waals surface area contributed by atoms with Crippen LogP contribution in [0.5, 0.6) is 0 Å². The van der Waals surface area contributed by atoms with E-state index in [1.54, 1.807) is 0 Å². The third-order valence-electron chi connectivity index (χ3n) is 19.8. The molecule has 4 bridgehead atoms. The summed E-state index contributed by atoms with van der Waals surface area (Å²) in [7, 11) is 43.5. The lowest BCUT2D eigenvalue weighted by molar-refractivity contribution is -0.926. The summed E-state index contributed by atoms with van der Waals surface area (Å²) in [5.74, 6) is 2.61. The van der Waals surface area contributed by atoms with Crippen LogP contribution < -0.4 is 59.2 Å². The van der Waals surface area contributed by atoms with Crippen LogP contribution in [0.25, 0.3) is 0 Å². The van der Waals surface area contributed by atoms with Gasteiger partial charge in [-0.1, -0.05) is 0 Å². The summed E-state index contributed by atoms with van der Waals surface area (Å²) < 4.78 is 52.8. The fraction of sp³-hybridized carbons (Fsp3) is 0.841. The lowest BCUT2D eigenvalue weighted by Gasteiger charge is -2.44. The maximum atomic E-state index is 5.37. The van der Waals surface area contributed by atoms with Gasteiger partial charge in [-0.2, -0.15) is 82.2 Å². The van der Waals surface area contributed by atoms with Crippen LogP contribution in [0.3, 0.4) is 0 Å². The van der Waals surface area contributed by atoms with Gasteiger partial charge in [-0.05, 0) is 69.2 Å². The standard InChI is InChI=1S/C7H13NO2.C7H13NO.4C7H15NO.2C6H13NO.C5H12N2.C5H11NO.C5H11NS/c1-8-6-2-9-4-7(8)5-10-3-6;1-8-6-2-3-7(8)5-9-4-6;3*1-6-4-9-5-7(2)8(6)3;1-7(2)6-9-5-4-8(7)3;2*1-6-5-8-4-3-7(6)2;1-7-4-2-6-3-5-7;2*1-6-2-4-7-5-3-6/h6-8H,1-5H2;6-8H,1-5H2;3*6-8H,3-5H2,1-2H3;8H,3-6H2,1-2H3;2*6-7H,2-5H2,1H3;6-7H,1-5H2;2*6H,1-5H2/t;;6-,7+;2*6-,7-;;2*6-;;;/m...10.10.../s1. The molecule has 23 heteroatoms. The predicted molar refractivity (Wildman–Crippen MR) is 366 cm³/mol. The first-order valence-corrected chi connectivity index (χ1v) is 36.5. The summed E-state index contributed by atoms with van der Waals surface area (Å²) in [4.78, 5) is 15.0.